The molecule has 74 valence electrons. The fraction of sp³-hybridized carbons (Fsp3) is 0.125. The smallest absolute Gasteiger partial charge is 0.283 e. The lowest BCUT2D eigenvalue weighted by Gasteiger charge is -2.00. The van der Waals surface area contributed by atoms with Crippen LogP contribution in [0.2, 0.25) is 0 Å². The summed E-state index contributed by atoms with van der Waals surface area (Å²) in [6, 6.07) is 2.92. The topological polar surface area (TPSA) is 97.1 Å². The fourth-order valence-electron chi connectivity index (χ4n) is 0.881. The SMILES string of the molecule is CNC(=O)c1ccc(C(=O)NN)nc1. The molecule has 0 aromatic carbocycles. The molecule has 0 saturated heterocycles. The third kappa shape index (κ3) is 2.05. The number of carbonyl (C=O) groups is 2. The number of nitrogens with zero attached hydrogens (tertiary/aromatic N) is 1. The Morgan fingerprint density at radius 3 is 2.50 bits per heavy atom. The zero-order chi connectivity index (χ0) is 10.6. The summed E-state index contributed by atoms with van der Waals surface area (Å²) in [7, 11) is 1.52. The van der Waals surface area contributed by atoms with Gasteiger partial charge in [-0.15, -0.1) is 0 Å². The van der Waals surface area contributed by atoms with Crippen LogP contribution in [0.4, 0.5) is 0 Å². The van der Waals surface area contributed by atoms with Gasteiger partial charge >= 0.3 is 0 Å². The molecule has 0 aliphatic heterocycles. The molecule has 1 aromatic rings. The molecule has 0 fully saturated rings. The highest BCUT2D eigenvalue weighted by molar-refractivity contribution is 5.95. The molecule has 0 radical (unpaired) electrons. The standard InChI is InChI=1S/C8H10N4O2/c1-10-7(13)5-2-3-6(11-4-5)8(14)12-9/h2-4H,9H2,1H3,(H,10,13)(H,12,14). The molecular weight excluding hydrogens is 184 g/mol. The van der Waals surface area contributed by atoms with Crippen LogP contribution in [0.5, 0.6) is 0 Å². The van der Waals surface area contributed by atoms with Gasteiger partial charge in [-0.05, 0) is 12.1 Å². The first kappa shape index (κ1) is 10.1. The summed E-state index contributed by atoms with van der Waals surface area (Å²) in [4.78, 5) is 25.8. The number of amides is 2. The van der Waals surface area contributed by atoms with Crippen molar-refractivity contribution < 1.29 is 9.59 Å². The molecule has 4 N–H and O–H groups in total. The maximum absolute atomic E-state index is 11.1. The van der Waals surface area contributed by atoms with Gasteiger partial charge in [0.15, 0.2) is 0 Å². The van der Waals surface area contributed by atoms with Crippen molar-refractivity contribution in [1.82, 2.24) is 15.7 Å². The number of hydrogen-bond acceptors (Lipinski definition) is 4. The van der Waals surface area contributed by atoms with Crippen LogP contribution in [0.1, 0.15) is 20.8 Å². The molecular formula is C8H10N4O2. The Morgan fingerprint density at radius 2 is 2.07 bits per heavy atom. The lowest BCUT2D eigenvalue weighted by molar-refractivity contribution is 0.0941. The molecule has 0 atom stereocenters. The van der Waals surface area contributed by atoms with Crippen LogP contribution in [0.3, 0.4) is 0 Å². The molecule has 6 heteroatoms. The number of aromatic nitrogens is 1. The van der Waals surface area contributed by atoms with Crippen LogP contribution in [-0.4, -0.2) is 23.8 Å². The zero-order valence-electron chi connectivity index (χ0n) is 7.57. The van der Waals surface area contributed by atoms with Gasteiger partial charge < -0.3 is 5.32 Å². The molecule has 14 heavy (non-hydrogen) atoms. The van der Waals surface area contributed by atoms with Gasteiger partial charge in [0.1, 0.15) is 5.69 Å². The van der Waals surface area contributed by atoms with Gasteiger partial charge in [-0.3, -0.25) is 20.0 Å². The number of nitrogens with one attached hydrogen (secondary N) is 2. The van der Waals surface area contributed by atoms with E-state index in [1.54, 1.807) is 0 Å². The van der Waals surface area contributed by atoms with Crippen molar-refractivity contribution in [3.8, 4) is 0 Å². The lowest BCUT2D eigenvalue weighted by Crippen LogP contribution is -2.30. The Morgan fingerprint density at radius 1 is 1.36 bits per heavy atom. The second-order valence-corrected chi connectivity index (χ2v) is 2.48. The summed E-state index contributed by atoms with van der Waals surface area (Å²) >= 11 is 0. The van der Waals surface area contributed by atoms with Crippen molar-refractivity contribution in [1.29, 1.82) is 0 Å². The summed E-state index contributed by atoms with van der Waals surface area (Å²) in [5, 5.41) is 2.44. The van der Waals surface area contributed by atoms with Gasteiger partial charge in [0.05, 0.1) is 5.56 Å². The predicted octanol–water partition coefficient (Wildman–Crippen LogP) is -0.955. The van der Waals surface area contributed by atoms with Gasteiger partial charge in [0.2, 0.25) is 0 Å². The highest BCUT2D eigenvalue weighted by atomic mass is 16.2. The fourth-order valence-corrected chi connectivity index (χ4v) is 0.881. The van der Waals surface area contributed by atoms with E-state index in [0.29, 0.717) is 5.56 Å². The average Bonchev–Trinajstić information content (AvgIpc) is 2.27. The number of hydrazine groups is 1. The summed E-state index contributed by atoms with van der Waals surface area (Å²) in [6.45, 7) is 0. The molecule has 0 spiro atoms. The quantitative estimate of drug-likeness (QED) is 0.321. The third-order valence-corrected chi connectivity index (χ3v) is 1.62. The number of pyridine rings is 1. The van der Waals surface area contributed by atoms with Gasteiger partial charge in [-0.25, -0.2) is 5.84 Å². The normalized spacial score (nSPS) is 9.29. The van der Waals surface area contributed by atoms with Crippen molar-refractivity contribution in [3.63, 3.8) is 0 Å². The Kier molecular flexibility index (Phi) is 3.14. The minimum Gasteiger partial charge on any atom is -0.355 e. The van der Waals surface area contributed by atoms with E-state index < -0.39 is 5.91 Å². The first-order valence-corrected chi connectivity index (χ1v) is 3.88. The summed E-state index contributed by atoms with van der Waals surface area (Å²) in [5.41, 5.74) is 2.50. The summed E-state index contributed by atoms with van der Waals surface area (Å²) < 4.78 is 0. The highest BCUT2D eigenvalue weighted by Crippen LogP contribution is 1.99. The van der Waals surface area contributed by atoms with E-state index in [2.05, 4.69) is 10.3 Å². The maximum atomic E-state index is 11.1. The van der Waals surface area contributed by atoms with Crippen LogP contribution in [-0.2, 0) is 0 Å². The van der Waals surface area contributed by atoms with Crippen molar-refractivity contribution in [2.24, 2.45) is 5.84 Å². The van der Waals surface area contributed by atoms with Crippen molar-refractivity contribution >= 4 is 11.8 Å². The van der Waals surface area contributed by atoms with E-state index in [-0.39, 0.29) is 11.6 Å². The first-order chi connectivity index (χ1) is 6.69. The van der Waals surface area contributed by atoms with Crippen molar-refractivity contribution in [2.45, 2.75) is 0 Å². The second-order valence-electron chi connectivity index (χ2n) is 2.48. The zero-order valence-corrected chi connectivity index (χ0v) is 7.57. The Balaban J connectivity index is 2.89. The van der Waals surface area contributed by atoms with E-state index in [1.165, 1.54) is 25.4 Å². The minimum atomic E-state index is -0.492. The molecule has 0 aliphatic rings. The third-order valence-electron chi connectivity index (χ3n) is 1.62. The number of nitrogen functional groups attached to an aromatic ring is 1. The number of carbonyl (C=O) groups excluding carboxylic acids is 2. The van der Waals surface area contributed by atoms with Crippen LogP contribution < -0.4 is 16.6 Å². The number of rotatable bonds is 2. The van der Waals surface area contributed by atoms with Gasteiger partial charge in [0.25, 0.3) is 11.8 Å². The molecule has 1 heterocycles. The number of hydrogen-bond donors (Lipinski definition) is 3. The maximum Gasteiger partial charge on any atom is 0.283 e. The molecule has 0 aliphatic carbocycles. The predicted molar refractivity (Wildman–Crippen MR) is 49.3 cm³/mol. The van der Waals surface area contributed by atoms with Gasteiger partial charge in [0, 0.05) is 13.2 Å². The van der Waals surface area contributed by atoms with E-state index in [4.69, 9.17) is 5.84 Å². The molecule has 0 saturated carbocycles. The van der Waals surface area contributed by atoms with Gasteiger partial charge in [-0.1, -0.05) is 0 Å². The monoisotopic (exact) mass is 194 g/mol. The van der Waals surface area contributed by atoms with E-state index in [0.717, 1.165) is 0 Å². The molecule has 0 bridgehead atoms. The van der Waals surface area contributed by atoms with E-state index in [1.807, 2.05) is 5.43 Å². The second kappa shape index (κ2) is 4.33. The van der Waals surface area contributed by atoms with Crippen LogP contribution in [0.25, 0.3) is 0 Å². The van der Waals surface area contributed by atoms with E-state index >= 15 is 0 Å². The van der Waals surface area contributed by atoms with Crippen LogP contribution in [0.15, 0.2) is 18.3 Å². The number of nitrogens with two attached hydrogens (primary N) is 1. The molecule has 1 rings (SSSR count). The average molecular weight is 194 g/mol. The van der Waals surface area contributed by atoms with Crippen molar-refractivity contribution in [2.75, 3.05) is 7.05 Å². The largest absolute Gasteiger partial charge is 0.355 e. The van der Waals surface area contributed by atoms with E-state index in [9.17, 15) is 9.59 Å². The van der Waals surface area contributed by atoms with Crippen LogP contribution >= 0.6 is 0 Å². The van der Waals surface area contributed by atoms with Crippen LogP contribution in [0, 0.1) is 0 Å². The summed E-state index contributed by atoms with van der Waals surface area (Å²) in [6.07, 6.45) is 1.31. The molecule has 0 unspecified atom stereocenters. The first-order valence-electron chi connectivity index (χ1n) is 3.88. The lowest BCUT2D eigenvalue weighted by atomic mass is 10.2. The Hall–Kier alpha value is -1.95. The highest BCUT2D eigenvalue weighted by Gasteiger charge is 2.07. The molecule has 6 nitrogen and oxygen atoms in total. The molecule has 1 aromatic heterocycles. The van der Waals surface area contributed by atoms with Gasteiger partial charge in [-0.2, -0.15) is 0 Å². The van der Waals surface area contributed by atoms with Crippen molar-refractivity contribution in [3.05, 3.63) is 29.6 Å². The summed E-state index contributed by atoms with van der Waals surface area (Å²) in [5.74, 6) is 4.16. The Bertz CT molecular complexity index is 312. The minimum absolute atomic E-state index is 0.167. The molecule has 2 amide bonds. The Labute approximate surface area is 80.5 Å².